The Morgan fingerprint density at radius 3 is 2.33 bits per heavy atom. The summed E-state index contributed by atoms with van der Waals surface area (Å²) in [6, 6.07) is 7.34. The molecule has 0 saturated heterocycles. The molecular weight excluding hydrogens is 366 g/mol. The molecule has 2 rings (SSSR count). The first-order valence-corrected chi connectivity index (χ1v) is 11.1. The average Bonchev–Trinajstić information content (AvgIpc) is 2.68. The maximum Gasteiger partial charge on any atom is 0.331 e. The predicted molar refractivity (Wildman–Crippen MR) is 106 cm³/mol. The van der Waals surface area contributed by atoms with Crippen LogP contribution in [0.1, 0.15) is 83.5 Å². The first-order chi connectivity index (χ1) is 12.7. The van der Waals surface area contributed by atoms with Crippen LogP contribution in [0.15, 0.2) is 29.4 Å². The van der Waals surface area contributed by atoms with E-state index in [1.54, 1.807) is 6.92 Å². The molecule has 1 aliphatic rings. The van der Waals surface area contributed by atoms with Gasteiger partial charge in [-0.2, -0.15) is 8.42 Å². The van der Waals surface area contributed by atoms with Crippen LogP contribution in [0, 0.1) is 5.41 Å². The van der Waals surface area contributed by atoms with Crippen LogP contribution in [-0.2, 0) is 19.3 Å². The second kappa shape index (κ2) is 9.17. The van der Waals surface area contributed by atoms with Crippen molar-refractivity contribution in [1.29, 1.82) is 0 Å². The van der Waals surface area contributed by atoms with Crippen LogP contribution in [0.4, 0.5) is 0 Å². The highest BCUT2D eigenvalue weighted by Crippen LogP contribution is 2.38. The lowest BCUT2D eigenvalue weighted by Gasteiger charge is -2.31. The van der Waals surface area contributed by atoms with Crippen molar-refractivity contribution in [3.05, 3.63) is 35.4 Å². The van der Waals surface area contributed by atoms with E-state index in [0.717, 1.165) is 36.8 Å². The van der Waals surface area contributed by atoms with Gasteiger partial charge in [0.1, 0.15) is 6.10 Å². The molecule has 0 heterocycles. The highest BCUT2D eigenvalue weighted by molar-refractivity contribution is 7.87. The van der Waals surface area contributed by atoms with Gasteiger partial charge in [-0.15, -0.1) is 0 Å². The standard InChI is InChI=1S/C20H31NO5S/c1-5-20(3,4)19(25-22)17-13-11-16(12-14-17)15(2)21-26-27(23,24)18-9-7-6-8-10-18/h11-14,18-19,22H,5-10H2,1-4H3. The molecule has 0 radical (unpaired) electrons. The Hall–Kier alpha value is -1.44. The molecule has 1 fully saturated rings. The third kappa shape index (κ3) is 5.53. The number of hydrogen-bond donors (Lipinski definition) is 1. The minimum absolute atomic E-state index is 0.226. The van der Waals surface area contributed by atoms with Crippen molar-refractivity contribution in [2.75, 3.05) is 0 Å². The summed E-state index contributed by atoms with van der Waals surface area (Å²) >= 11 is 0. The molecule has 0 aliphatic heterocycles. The summed E-state index contributed by atoms with van der Waals surface area (Å²) in [6.07, 6.45) is 4.58. The zero-order chi connectivity index (χ0) is 20.1. The molecular formula is C20H31NO5S. The fourth-order valence-corrected chi connectivity index (χ4v) is 4.56. The van der Waals surface area contributed by atoms with Crippen LogP contribution in [0.25, 0.3) is 0 Å². The van der Waals surface area contributed by atoms with Crippen LogP contribution < -0.4 is 0 Å². The Kier molecular flexibility index (Phi) is 7.42. The maximum absolute atomic E-state index is 12.3. The molecule has 7 heteroatoms. The van der Waals surface area contributed by atoms with Gasteiger partial charge in [-0.05, 0) is 42.7 Å². The smallest absolute Gasteiger partial charge is 0.268 e. The molecule has 1 unspecified atom stereocenters. The maximum atomic E-state index is 12.3. The summed E-state index contributed by atoms with van der Waals surface area (Å²) in [5, 5.41) is 12.7. The minimum atomic E-state index is -3.68. The summed E-state index contributed by atoms with van der Waals surface area (Å²) < 4.78 is 29.5. The molecule has 27 heavy (non-hydrogen) atoms. The van der Waals surface area contributed by atoms with Crippen molar-refractivity contribution in [2.45, 2.75) is 77.6 Å². The molecule has 152 valence electrons. The van der Waals surface area contributed by atoms with Crippen LogP contribution in [0.2, 0.25) is 0 Å². The molecule has 1 aliphatic carbocycles. The second-order valence-corrected chi connectivity index (χ2v) is 9.75. The van der Waals surface area contributed by atoms with Gasteiger partial charge in [-0.25, -0.2) is 4.89 Å². The molecule has 6 nitrogen and oxygen atoms in total. The lowest BCUT2D eigenvalue weighted by molar-refractivity contribution is -0.305. The molecule has 0 bridgehead atoms. The summed E-state index contributed by atoms with van der Waals surface area (Å²) in [7, 11) is -3.68. The number of rotatable bonds is 8. The molecule has 1 atom stereocenters. The Morgan fingerprint density at radius 1 is 1.22 bits per heavy atom. The average molecular weight is 398 g/mol. The molecule has 0 aromatic heterocycles. The number of oxime groups is 1. The van der Waals surface area contributed by atoms with E-state index in [2.05, 4.69) is 5.16 Å². The third-order valence-electron chi connectivity index (χ3n) is 5.60. The number of benzene rings is 1. The highest BCUT2D eigenvalue weighted by Gasteiger charge is 2.31. The highest BCUT2D eigenvalue weighted by atomic mass is 32.2. The number of nitrogens with zero attached hydrogens (tertiary/aromatic N) is 1. The van der Waals surface area contributed by atoms with Gasteiger partial charge in [0.05, 0.1) is 11.0 Å². The second-order valence-electron chi connectivity index (χ2n) is 7.95. The first kappa shape index (κ1) is 21.9. The van der Waals surface area contributed by atoms with Crippen molar-refractivity contribution < 1.29 is 22.8 Å². The lowest BCUT2D eigenvalue weighted by atomic mass is 9.80. The fourth-order valence-electron chi connectivity index (χ4n) is 3.31. The van der Waals surface area contributed by atoms with Gasteiger partial charge in [-0.1, -0.05) is 69.5 Å². The molecule has 1 aromatic carbocycles. The molecule has 1 N–H and O–H groups in total. The van der Waals surface area contributed by atoms with E-state index in [4.69, 9.17) is 9.17 Å². The predicted octanol–water partition coefficient (Wildman–Crippen LogP) is 5.06. The SMILES string of the molecule is CCC(C)(C)C(OO)c1ccc(C(C)=NOS(=O)(=O)C2CCCCC2)cc1. The van der Waals surface area contributed by atoms with Crippen molar-refractivity contribution in [1.82, 2.24) is 0 Å². The van der Waals surface area contributed by atoms with E-state index >= 15 is 0 Å². The fraction of sp³-hybridized carbons (Fsp3) is 0.650. The van der Waals surface area contributed by atoms with Gasteiger partial charge >= 0.3 is 10.1 Å². The van der Waals surface area contributed by atoms with E-state index in [-0.39, 0.29) is 5.41 Å². The zero-order valence-corrected chi connectivity index (χ0v) is 17.5. The normalized spacial score (nSPS) is 18.3. The monoisotopic (exact) mass is 397 g/mol. The van der Waals surface area contributed by atoms with Crippen molar-refractivity contribution in [3.8, 4) is 0 Å². The van der Waals surface area contributed by atoms with Gasteiger partial charge in [0.15, 0.2) is 0 Å². The molecule has 1 saturated carbocycles. The van der Waals surface area contributed by atoms with Gasteiger partial charge in [-0.3, -0.25) is 9.54 Å². The van der Waals surface area contributed by atoms with E-state index in [1.807, 2.05) is 45.0 Å². The first-order valence-electron chi connectivity index (χ1n) is 9.59. The third-order valence-corrected chi connectivity index (χ3v) is 7.17. The Morgan fingerprint density at radius 2 is 1.81 bits per heavy atom. The molecule has 0 spiro atoms. The Labute approximate surface area is 162 Å². The van der Waals surface area contributed by atoms with Crippen LogP contribution in [0.3, 0.4) is 0 Å². The van der Waals surface area contributed by atoms with Crippen LogP contribution >= 0.6 is 0 Å². The summed E-state index contributed by atoms with van der Waals surface area (Å²) in [5.41, 5.74) is 1.86. The molecule has 0 amide bonds. The topological polar surface area (TPSA) is 85.2 Å². The minimum Gasteiger partial charge on any atom is -0.268 e. The van der Waals surface area contributed by atoms with Crippen molar-refractivity contribution >= 4 is 15.8 Å². The summed E-state index contributed by atoms with van der Waals surface area (Å²) in [6.45, 7) is 7.81. The van der Waals surface area contributed by atoms with Crippen molar-refractivity contribution in [3.63, 3.8) is 0 Å². The quantitative estimate of drug-likeness (QED) is 0.377. The van der Waals surface area contributed by atoms with Crippen LogP contribution in [0.5, 0.6) is 0 Å². The van der Waals surface area contributed by atoms with E-state index < -0.39 is 21.5 Å². The zero-order valence-electron chi connectivity index (χ0n) is 16.6. The van der Waals surface area contributed by atoms with Gasteiger partial charge < -0.3 is 0 Å². The lowest BCUT2D eigenvalue weighted by Crippen LogP contribution is -2.25. The van der Waals surface area contributed by atoms with E-state index in [1.165, 1.54) is 0 Å². The van der Waals surface area contributed by atoms with E-state index in [9.17, 15) is 13.7 Å². The van der Waals surface area contributed by atoms with Gasteiger partial charge in [0.2, 0.25) is 0 Å². The Balaban J connectivity index is 2.10. The largest absolute Gasteiger partial charge is 0.331 e. The Bertz CT molecular complexity index is 734. The summed E-state index contributed by atoms with van der Waals surface area (Å²) in [4.78, 5) is 4.72. The van der Waals surface area contributed by atoms with Gasteiger partial charge in [0, 0.05) is 0 Å². The van der Waals surface area contributed by atoms with Crippen LogP contribution in [-0.4, -0.2) is 24.6 Å². The van der Waals surface area contributed by atoms with E-state index in [0.29, 0.717) is 18.6 Å². The van der Waals surface area contributed by atoms with Crippen molar-refractivity contribution in [2.24, 2.45) is 10.6 Å². The number of hydrogen-bond acceptors (Lipinski definition) is 6. The van der Waals surface area contributed by atoms with Gasteiger partial charge in [0.25, 0.3) is 0 Å². The molecule has 1 aromatic rings. The summed E-state index contributed by atoms with van der Waals surface area (Å²) in [5.74, 6) is 0.